The molecule has 6 nitrogen and oxygen atoms in total. The molecule has 20 heavy (non-hydrogen) atoms. The van der Waals surface area contributed by atoms with Crippen LogP contribution in [0, 0.1) is 6.92 Å². The van der Waals surface area contributed by atoms with E-state index < -0.39 is 23.7 Å². The zero-order chi connectivity index (χ0) is 15.3. The monoisotopic (exact) mass is 280 g/mol. The van der Waals surface area contributed by atoms with Crippen molar-refractivity contribution in [2.75, 3.05) is 0 Å². The van der Waals surface area contributed by atoms with Gasteiger partial charge in [-0.25, -0.2) is 9.59 Å². The minimum Gasteiger partial charge on any atom is -0.480 e. The molecule has 1 atom stereocenters. The Morgan fingerprint density at radius 3 is 2.60 bits per heavy atom. The number of amides is 1. The molecule has 0 saturated carbocycles. The summed E-state index contributed by atoms with van der Waals surface area (Å²) in [6.45, 7) is 6.98. The van der Waals surface area contributed by atoms with E-state index in [2.05, 4.69) is 10.3 Å². The summed E-state index contributed by atoms with van der Waals surface area (Å²) in [6, 6.07) is 2.54. The smallest absolute Gasteiger partial charge is 0.408 e. The van der Waals surface area contributed by atoms with Crippen LogP contribution >= 0.6 is 0 Å². The number of nitrogens with zero attached hydrogens (tertiary/aromatic N) is 1. The lowest BCUT2D eigenvalue weighted by Gasteiger charge is -2.22. The van der Waals surface area contributed by atoms with E-state index in [9.17, 15) is 14.7 Å². The number of pyridine rings is 1. The van der Waals surface area contributed by atoms with E-state index in [1.54, 1.807) is 33.0 Å². The fourth-order valence-electron chi connectivity index (χ4n) is 1.58. The molecule has 0 saturated heterocycles. The third-order valence-corrected chi connectivity index (χ3v) is 2.50. The van der Waals surface area contributed by atoms with Crippen LogP contribution in [0.1, 0.15) is 32.0 Å². The van der Waals surface area contributed by atoms with Gasteiger partial charge in [-0.15, -0.1) is 0 Å². The highest BCUT2D eigenvalue weighted by molar-refractivity contribution is 5.80. The van der Waals surface area contributed by atoms with Crippen molar-refractivity contribution in [1.82, 2.24) is 10.3 Å². The molecule has 0 aliphatic rings. The number of carboxylic acid groups (broad SMARTS) is 1. The number of carbonyl (C=O) groups excluding carboxylic acids is 1. The van der Waals surface area contributed by atoms with Gasteiger partial charge in [0, 0.05) is 18.3 Å². The van der Waals surface area contributed by atoms with Crippen LogP contribution in [0.25, 0.3) is 0 Å². The summed E-state index contributed by atoms with van der Waals surface area (Å²) in [6.07, 6.45) is 0.953. The first-order valence-corrected chi connectivity index (χ1v) is 6.32. The maximum atomic E-state index is 11.6. The van der Waals surface area contributed by atoms with Gasteiger partial charge < -0.3 is 15.2 Å². The molecule has 110 valence electrons. The summed E-state index contributed by atoms with van der Waals surface area (Å²) in [4.78, 5) is 27.0. The molecule has 1 rings (SSSR count). The van der Waals surface area contributed by atoms with E-state index in [0.29, 0.717) is 5.69 Å². The number of alkyl carbamates (subject to hydrolysis) is 1. The SMILES string of the molecule is Cc1cccnc1C[C@H](NC(=O)OC(C)(C)C)C(=O)O. The van der Waals surface area contributed by atoms with Gasteiger partial charge in [0.1, 0.15) is 11.6 Å². The molecule has 1 aromatic rings. The number of nitrogens with one attached hydrogen (secondary N) is 1. The summed E-state index contributed by atoms with van der Waals surface area (Å²) >= 11 is 0. The van der Waals surface area contributed by atoms with Gasteiger partial charge in [-0.1, -0.05) is 6.07 Å². The molecule has 2 N–H and O–H groups in total. The summed E-state index contributed by atoms with van der Waals surface area (Å²) in [5.74, 6) is -1.12. The van der Waals surface area contributed by atoms with E-state index in [1.165, 1.54) is 0 Å². The molecule has 0 radical (unpaired) electrons. The molecule has 1 amide bonds. The quantitative estimate of drug-likeness (QED) is 0.879. The molecule has 0 aliphatic carbocycles. The van der Waals surface area contributed by atoms with Crippen LogP contribution in [0.3, 0.4) is 0 Å². The standard InChI is InChI=1S/C14H20N2O4/c1-9-6-5-7-15-10(9)8-11(12(17)18)16-13(19)20-14(2,3)4/h5-7,11H,8H2,1-4H3,(H,16,19)(H,17,18)/t11-/m0/s1. The van der Waals surface area contributed by atoms with E-state index in [-0.39, 0.29) is 6.42 Å². The van der Waals surface area contributed by atoms with Crippen molar-refractivity contribution in [3.63, 3.8) is 0 Å². The van der Waals surface area contributed by atoms with E-state index in [1.807, 2.05) is 13.0 Å². The van der Waals surface area contributed by atoms with E-state index in [4.69, 9.17) is 4.74 Å². The first-order chi connectivity index (χ1) is 9.19. The fraction of sp³-hybridized carbons (Fsp3) is 0.500. The number of carboxylic acids is 1. The highest BCUT2D eigenvalue weighted by Gasteiger charge is 2.25. The van der Waals surface area contributed by atoms with Crippen LogP contribution in [-0.4, -0.2) is 33.8 Å². The Balaban J connectivity index is 2.74. The average Bonchev–Trinajstić information content (AvgIpc) is 2.28. The number of ether oxygens (including phenoxy) is 1. The van der Waals surface area contributed by atoms with Gasteiger partial charge in [-0.05, 0) is 39.3 Å². The maximum Gasteiger partial charge on any atom is 0.408 e. The van der Waals surface area contributed by atoms with Crippen LogP contribution in [-0.2, 0) is 16.0 Å². The molecule has 0 aliphatic heterocycles. The van der Waals surface area contributed by atoms with Crippen molar-refractivity contribution < 1.29 is 19.4 Å². The van der Waals surface area contributed by atoms with Crippen molar-refractivity contribution in [2.45, 2.75) is 45.8 Å². The Labute approximate surface area is 118 Å². The van der Waals surface area contributed by atoms with Gasteiger partial charge >= 0.3 is 12.1 Å². The number of hydrogen-bond acceptors (Lipinski definition) is 4. The van der Waals surface area contributed by atoms with Crippen molar-refractivity contribution in [3.05, 3.63) is 29.6 Å². The Kier molecular flexibility index (Phi) is 5.07. The minimum atomic E-state index is -1.12. The number of carbonyl (C=O) groups is 2. The number of aryl methyl sites for hydroxylation is 1. The van der Waals surface area contributed by atoms with Gasteiger partial charge in [-0.3, -0.25) is 4.98 Å². The highest BCUT2D eigenvalue weighted by atomic mass is 16.6. The summed E-state index contributed by atoms with van der Waals surface area (Å²) in [5, 5.41) is 11.5. The lowest BCUT2D eigenvalue weighted by Crippen LogP contribution is -2.44. The Hall–Kier alpha value is -2.11. The number of aliphatic carboxylic acids is 1. The summed E-state index contributed by atoms with van der Waals surface area (Å²) in [7, 11) is 0. The van der Waals surface area contributed by atoms with Crippen LogP contribution in [0.2, 0.25) is 0 Å². The molecular weight excluding hydrogens is 260 g/mol. The summed E-state index contributed by atoms with van der Waals surface area (Å²) in [5.41, 5.74) is 0.842. The normalized spacial score (nSPS) is 12.6. The third kappa shape index (κ3) is 5.26. The summed E-state index contributed by atoms with van der Waals surface area (Å²) < 4.78 is 5.05. The number of hydrogen-bond donors (Lipinski definition) is 2. The second-order valence-electron chi connectivity index (χ2n) is 5.51. The van der Waals surface area contributed by atoms with E-state index in [0.717, 1.165) is 5.56 Å². The lowest BCUT2D eigenvalue weighted by atomic mass is 10.1. The lowest BCUT2D eigenvalue weighted by molar-refractivity contribution is -0.139. The predicted octanol–water partition coefficient (Wildman–Crippen LogP) is 1.91. The second-order valence-corrected chi connectivity index (χ2v) is 5.51. The minimum absolute atomic E-state index is 0.112. The van der Waals surface area contributed by atoms with Crippen molar-refractivity contribution in [1.29, 1.82) is 0 Å². The van der Waals surface area contributed by atoms with Gasteiger partial charge in [-0.2, -0.15) is 0 Å². The molecule has 1 heterocycles. The highest BCUT2D eigenvalue weighted by Crippen LogP contribution is 2.09. The zero-order valence-electron chi connectivity index (χ0n) is 12.1. The largest absolute Gasteiger partial charge is 0.480 e. The molecule has 0 spiro atoms. The van der Waals surface area contributed by atoms with Gasteiger partial charge in [0.2, 0.25) is 0 Å². The van der Waals surface area contributed by atoms with Crippen LogP contribution in [0.5, 0.6) is 0 Å². The van der Waals surface area contributed by atoms with Gasteiger partial charge in [0.25, 0.3) is 0 Å². The second kappa shape index (κ2) is 6.36. The Bertz CT molecular complexity index is 494. The van der Waals surface area contributed by atoms with Crippen molar-refractivity contribution >= 4 is 12.1 Å². The first-order valence-electron chi connectivity index (χ1n) is 6.32. The fourth-order valence-corrected chi connectivity index (χ4v) is 1.58. The molecule has 0 fully saturated rings. The topological polar surface area (TPSA) is 88.5 Å². The molecule has 0 unspecified atom stereocenters. The van der Waals surface area contributed by atoms with E-state index >= 15 is 0 Å². The predicted molar refractivity (Wildman–Crippen MR) is 73.5 cm³/mol. The Morgan fingerprint density at radius 1 is 1.45 bits per heavy atom. The first kappa shape index (κ1) is 15.9. The average molecular weight is 280 g/mol. The molecule has 6 heteroatoms. The molecule has 0 bridgehead atoms. The number of rotatable bonds is 4. The van der Waals surface area contributed by atoms with Crippen molar-refractivity contribution in [2.24, 2.45) is 0 Å². The zero-order valence-corrected chi connectivity index (χ0v) is 12.1. The maximum absolute atomic E-state index is 11.6. The van der Waals surface area contributed by atoms with Crippen LogP contribution in [0.15, 0.2) is 18.3 Å². The Morgan fingerprint density at radius 2 is 2.10 bits per heavy atom. The third-order valence-electron chi connectivity index (χ3n) is 2.50. The van der Waals surface area contributed by atoms with Crippen LogP contribution in [0.4, 0.5) is 4.79 Å². The molecule has 0 aromatic carbocycles. The van der Waals surface area contributed by atoms with Crippen molar-refractivity contribution in [3.8, 4) is 0 Å². The van der Waals surface area contributed by atoms with Crippen LogP contribution < -0.4 is 5.32 Å². The molecular formula is C14H20N2O4. The number of aromatic nitrogens is 1. The van der Waals surface area contributed by atoms with Gasteiger partial charge in [0.05, 0.1) is 0 Å². The van der Waals surface area contributed by atoms with Gasteiger partial charge in [0.15, 0.2) is 0 Å². The molecule has 1 aromatic heterocycles.